The summed E-state index contributed by atoms with van der Waals surface area (Å²) in [5.41, 5.74) is 2.84. The Morgan fingerprint density at radius 3 is 2.42 bits per heavy atom. The maximum Gasteiger partial charge on any atom is 0.426 e. The molecule has 172 valence electrons. The maximum absolute atomic E-state index is 13.6. The van der Waals surface area contributed by atoms with E-state index in [0.717, 1.165) is 28.2 Å². The fourth-order valence-corrected chi connectivity index (χ4v) is 4.70. The Balaban J connectivity index is 1.57. The normalized spacial score (nSPS) is 14.1. The van der Waals surface area contributed by atoms with Gasteiger partial charge in [0, 0.05) is 17.0 Å². The molecule has 0 saturated heterocycles. The van der Waals surface area contributed by atoms with Crippen molar-refractivity contribution in [1.82, 2.24) is 0 Å². The van der Waals surface area contributed by atoms with Gasteiger partial charge in [0.15, 0.2) is 0 Å². The smallest absolute Gasteiger partial charge is 0.426 e. The van der Waals surface area contributed by atoms with Crippen LogP contribution < -0.4 is 4.90 Å². The first kappa shape index (κ1) is 23.1. The van der Waals surface area contributed by atoms with Crippen LogP contribution in [0.25, 0.3) is 23.3 Å². The molecule has 2 aromatic carbocycles. The van der Waals surface area contributed by atoms with E-state index in [1.165, 1.54) is 0 Å². The van der Waals surface area contributed by atoms with Crippen molar-refractivity contribution < 1.29 is 22.7 Å². The number of amides is 1. The average Bonchev–Trinajstić information content (AvgIpc) is 3.36. The minimum atomic E-state index is -4.42. The number of hydrogen-bond donors (Lipinski definition) is 0. The van der Waals surface area contributed by atoms with Crippen LogP contribution in [-0.4, -0.2) is 18.2 Å². The summed E-state index contributed by atoms with van der Waals surface area (Å²) in [5, 5.41) is 0. The lowest BCUT2D eigenvalue weighted by molar-refractivity contribution is -0.133. The van der Waals surface area contributed by atoms with E-state index >= 15 is 0 Å². The summed E-state index contributed by atoms with van der Waals surface area (Å²) in [4.78, 5) is 14.0. The Bertz CT molecular complexity index is 1190. The fraction of sp³-hybridized carbons (Fsp3) is 0.269. The number of anilines is 1. The van der Waals surface area contributed by atoms with Crippen LogP contribution in [-0.2, 0) is 17.3 Å². The van der Waals surface area contributed by atoms with E-state index in [1.54, 1.807) is 53.5 Å². The molecule has 0 fully saturated rings. The van der Waals surface area contributed by atoms with Gasteiger partial charge in [0.1, 0.15) is 10.5 Å². The van der Waals surface area contributed by atoms with Gasteiger partial charge in [-0.1, -0.05) is 42.5 Å². The van der Waals surface area contributed by atoms with Crippen molar-refractivity contribution >= 4 is 35.3 Å². The van der Waals surface area contributed by atoms with E-state index in [-0.39, 0.29) is 11.7 Å². The van der Waals surface area contributed by atoms with Crippen molar-refractivity contribution in [3.05, 3.63) is 75.5 Å². The first-order valence-corrected chi connectivity index (χ1v) is 11.4. The summed E-state index contributed by atoms with van der Waals surface area (Å²) in [6.45, 7) is 6.02. The van der Waals surface area contributed by atoms with Crippen LogP contribution in [0.2, 0.25) is 0 Å². The van der Waals surface area contributed by atoms with Gasteiger partial charge in [0.2, 0.25) is 0 Å². The van der Waals surface area contributed by atoms with Gasteiger partial charge in [0.25, 0.3) is 0 Å². The van der Waals surface area contributed by atoms with E-state index in [1.807, 2.05) is 39.0 Å². The number of hydrogen-bond acceptors (Lipinski definition) is 3. The Hall–Kier alpha value is -3.06. The molecular weight excluding hydrogens is 447 g/mol. The number of ether oxygens (including phenoxy) is 1. The lowest BCUT2D eigenvalue weighted by atomic mass is 10.1. The van der Waals surface area contributed by atoms with Crippen LogP contribution in [0, 0.1) is 0 Å². The molecule has 1 amide bonds. The van der Waals surface area contributed by atoms with Crippen molar-refractivity contribution in [1.29, 1.82) is 0 Å². The van der Waals surface area contributed by atoms with Crippen molar-refractivity contribution in [2.24, 2.45) is 0 Å². The second-order valence-corrected chi connectivity index (χ2v) is 9.94. The molecule has 0 bridgehead atoms. The predicted molar refractivity (Wildman–Crippen MR) is 127 cm³/mol. The van der Waals surface area contributed by atoms with Crippen molar-refractivity contribution in [3.8, 4) is 11.1 Å². The summed E-state index contributed by atoms with van der Waals surface area (Å²) in [5.74, 6) is 0. The predicted octanol–water partition coefficient (Wildman–Crippen LogP) is 7.90. The Morgan fingerprint density at radius 1 is 1.03 bits per heavy atom. The molecule has 3 aromatic rings. The van der Waals surface area contributed by atoms with E-state index in [2.05, 4.69) is 0 Å². The Labute approximate surface area is 195 Å². The molecule has 0 saturated carbocycles. The number of carbonyl (C=O) groups is 1. The zero-order chi connectivity index (χ0) is 23.8. The monoisotopic (exact) mass is 471 g/mol. The second kappa shape index (κ2) is 8.71. The molecule has 33 heavy (non-hydrogen) atoms. The van der Waals surface area contributed by atoms with Crippen LogP contribution in [0.3, 0.4) is 0 Å². The molecule has 0 N–H and O–H groups in total. The summed E-state index contributed by atoms with van der Waals surface area (Å²) < 4.78 is 46.3. The highest BCUT2D eigenvalue weighted by Crippen LogP contribution is 2.43. The summed E-state index contributed by atoms with van der Waals surface area (Å²) in [6, 6.07) is 15.9. The molecule has 0 unspecified atom stereocenters. The van der Waals surface area contributed by atoms with E-state index < -0.39 is 16.7 Å². The number of carbonyl (C=O) groups excluding carboxylic acids is 1. The van der Waals surface area contributed by atoms with Gasteiger partial charge in [-0.3, -0.25) is 4.90 Å². The first-order valence-electron chi connectivity index (χ1n) is 10.6. The number of halogens is 3. The zero-order valence-electron chi connectivity index (χ0n) is 18.6. The number of nitrogens with zero attached hydrogens (tertiary/aromatic N) is 1. The lowest BCUT2D eigenvalue weighted by Crippen LogP contribution is -2.35. The number of rotatable bonds is 3. The molecule has 0 radical (unpaired) electrons. The van der Waals surface area contributed by atoms with Crippen molar-refractivity contribution in [2.75, 3.05) is 11.4 Å². The van der Waals surface area contributed by atoms with Crippen LogP contribution >= 0.6 is 11.3 Å². The van der Waals surface area contributed by atoms with Gasteiger partial charge in [-0.05, 0) is 68.2 Å². The lowest BCUT2D eigenvalue weighted by Gasteiger charge is -2.24. The molecule has 3 nitrogen and oxygen atoms in total. The largest absolute Gasteiger partial charge is 0.443 e. The van der Waals surface area contributed by atoms with Gasteiger partial charge < -0.3 is 4.74 Å². The zero-order valence-corrected chi connectivity index (χ0v) is 19.4. The van der Waals surface area contributed by atoms with E-state index in [0.29, 0.717) is 23.4 Å². The molecule has 0 aliphatic carbocycles. The Kier molecular flexibility index (Phi) is 6.10. The molecule has 4 rings (SSSR count). The number of benzene rings is 2. The van der Waals surface area contributed by atoms with Crippen LogP contribution in [0.4, 0.5) is 23.7 Å². The highest BCUT2D eigenvalue weighted by atomic mass is 32.1. The molecule has 2 heterocycles. The quantitative estimate of drug-likeness (QED) is 0.389. The molecule has 1 aliphatic heterocycles. The topological polar surface area (TPSA) is 29.5 Å². The van der Waals surface area contributed by atoms with Crippen LogP contribution in [0.1, 0.15) is 41.7 Å². The maximum atomic E-state index is 13.6. The summed E-state index contributed by atoms with van der Waals surface area (Å²) in [6.07, 6.45) is -0.589. The van der Waals surface area contributed by atoms with Gasteiger partial charge >= 0.3 is 12.3 Å². The number of thiophene rings is 1. The molecule has 1 aromatic heterocycles. The summed E-state index contributed by atoms with van der Waals surface area (Å²) >= 11 is 0.734. The third-order valence-electron chi connectivity index (χ3n) is 5.15. The van der Waals surface area contributed by atoms with E-state index in [9.17, 15) is 18.0 Å². The highest BCUT2D eigenvalue weighted by Gasteiger charge is 2.36. The third kappa shape index (κ3) is 5.30. The standard InChI is InChI=1S/C26H24F3NO2S/c1-25(2,3)32-24(31)30-14-13-19-15-17(10-12-22(19)30)9-11-20-16-21(18-7-5-4-6-8-18)23(33-20)26(27,28)29/h4-12,15-16H,13-14H2,1-3H3/b11-9+. The van der Waals surface area contributed by atoms with Crippen molar-refractivity contribution in [3.63, 3.8) is 0 Å². The second-order valence-electron chi connectivity index (χ2n) is 8.86. The first-order chi connectivity index (χ1) is 15.5. The van der Waals surface area contributed by atoms with Crippen LogP contribution in [0.5, 0.6) is 0 Å². The molecule has 0 atom stereocenters. The minimum Gasteiger partial charge on any atom is -0.443 e. The molecule has 7 heteroatoms. The highest BCUT2D eigenvalue weighted by molar-refractivity contribution is 7.13. The van der Waals surface area contributed by atoms with Gasteiger partial charge in [-0.25, -0.2) is 4.79 Å². The van der Waals surface area contributed by atoms with Gasteiger partial charge in [0.05, 0.1) is 5.69 Å². The molecular formula is C26H24F3NO2S. The van der Waals surface area contributed by atoms with Crippen LogP contribution in [0.15, 0.2) is 54.6 Å². The average molecular weight is 472 g/mol. The van der Waals surface area contributed by atoms with Gasteiger partial charge in [-0.2, -0.15) is 13.2 Å². The Morgan fingerprint density at radius 2 is 1.76 bits per heavy atom. The van der Waals surface area contributed by atoms with E-state index in [4.69, 9.17) is 4.74 Å². The molecule has 1 aliphatic rings. The minimum absolute atomic E-state index is 0.190. The fourth-order valence-electron chi connectivity index (χ4n) is 3.75. The SMILES string of the molecule is CC(C)(C)OC(=O)N1CCc2cc(/C=C/c3cc(-c4ccccc4)c(C(F)(F)F)s3)ccc21. The molecule has 0 spiro atoms. The third-order valence-corrected chi connectivity index (χ3v) is 6.29. The summed E-state index contributed by atoms with van der Waals surface area (Å²) in [7, 11) is 0. The van der Waals surface area contributed by atoms with Gasteiger partial charge in [-0.15, -0.1) is 11.3 Å². The number of fused-ring (bicyclic) bond motifs is 1. The van der Waals surface area contributed by atoms with Crippen molar-refractivity contribution in [2.45, 2.75) is 39.0 Å². The number of alkyl halides is 3.